The van der Waals surface area contributed by atoms with Crippen LogP contribution >= 0.6 is 0 Å². The van der Waals surface area contributed by atoms with E-state index >= 15 is 0 Å². The Kier molecular flexibility index (Phi) is 9.22. The van der Waals surface area contributed by atoms with E-state index in [0.29, 0.717) is 0 Å². The van der Waals surface area contributed by atoms with Crippen molar-refractivity contribution >= 4 is 78.5 Å². The molecule has 0 saturated heterocycles. The van der Waals surface area contributed by atoms with E-state index in [2.05, 4.69) is 264 Å². The second-order valence-corrected chi connectivity index (χ2v) is 19.5. The lowest BCUT2D eigenvalue weighted by molar-refractivity contribution is 1.18. The topological polar surface area (TPSA) is 8.17 Å². The minimum atomic E-state index is -2.72. The number of aromatic nitrogens is 1. The Labute approximate surface area is 357 Å². The average molecular weight is 795 g/mol. The van der Waals surface area contributed by atoms with E-state index in [0.717, 1.165) is 22.7 Å². The van der Waals surface area contributed by atoms with Crippen molar-refractivity contribution in [2.75, 3.05) is 4.90 Å². The number of hydrogen-bond acceptors (Lipinski definition) is 1. The van der Waals surface area contributed by atoms with Crippen LogP contribution in [0.1, 0.15) is 0 Å². The number of nitrogens with zero attached hydrogens (tertiary/aromatic N) is 2. The molecular weight excluding hydrogens is 753 g/mol. The van der Waals surface area contributed by atoms with Crippen molar-refractivity contribution < 1.29 is 0 Å². The molecule has 0 N–H and O–H groups in total. The summed E-state index contributed by atoms with van der Waals surface area (Å²) in [5.74, 6) is 0. The van der Waals surface area contributed by atoms with Gasteiger partial charge in [0.2, 0.25) is 0 Å². The van der Waals surface area contributed by atoms with Crippen LogP contribution in [0.15, 0.2) is 255 Å². The quantitative estimate of drug-likeness (QED) is 0.104. The minimum absolute atomic E-state index is 1.10. The average Bonchev–Trinajstić information content (AvgIpc) is 3.69. The largest absolute Gasteiger partial charge is 0.310 e. The van der Waals surface area contributed by atoms with Gasteiger partial charge in [0, 0.05) is 27.8 Å². The van der Waals surface area contributed by atoms with Crippen LogP contribution in [0, 0.1) is 0 Å². The van der Waals surface area contributed by atoms with E-state index in [1.165, 1.54) is 64.5 Å². The Hall–Kier alpha value is -7.72. The Bertz CT molecular complexity index is 3170. The summed E-state index contributed by atoms with van der Waals surface area (Å²) in [7, 11) is -2.72. The maximum Gasteiger partial charge on any atom is 0.179 e. The molecule has 1 heterocycles. The van der Waals surface area contributed by atoms with Crippen molar-refractivity contribution in [3.05, 3.63) is 255 Å². The third-order valence-corrected chi connectivity index (χ3v) is 17.1. The van der Waals surface area contributed by atoms with Crippen LogP contribution in [-0.2, 0) is 0 Å². The van der Waals surface area contributed by atoms with Gasteiger partial charge >= 0.3 is 0 Å². The monoisotopic (exact) mass is 794 g/mol. The molecule has 11 rings (SSSR count). The Morgan fingerprint density at radius 3 is 1.41 bits per heavy atom. The summed E-state index contributed by atoms with van der Waals surface area (Å²) < 4.78 is 2.40. The number of rotatable bonds is 9. The normalized spacial score (nSPS) is 11.6. The van der Waals surface area contributed by atoms with Crippen LogP contribution in [0.5, 0.6) is 0 Å². The molecule has 0 aliphatic carbocycles. The first-order chi connectivity index (χ1) is 30.3. The summed E-state index contributed by atoms with van der Waals surface area (Å²) in [4.78, 5) is 2.46. The molecule has 0 radical (unpaired) electrons. The van der Waals surface area contributed by atoms with Crippen LogP contribution < -0.4 is 25.6 Å². The lowest BCUT2D eigenvalue weighted by Crippen LogP contribution is -2.74. The van der Waals surface area contributed by atoms with Gasteiger partial charge in [-0.3, -0.25) is 0 Å². The third kappa shape index (κ3) is 6.18. The molecule has 0 unspecified atom stereocenters. The smallest absolute Gasteiger partial charge is 0.179 e. The summed E-state index contributed by atoms with van der Waals surface area (Å²) in [6.45, 7) is 0. The zero-order chi connectivity index (χ0) is 40.6. The van der Waals surface area contributed by atoms with Gasteiger partial charge in [0.1, 0.15) is 0 Å². The fourth-order valence-electron chi connectivity index (χ4n) is 9.66. The number of benzene rings is 10. The zero-order valence-corrected chi connectivity index (χ0v) is 34.6. The second-order valence-electron chi connectivity index (χ2n) is 15.7. The van der Waals surface area contributed by atoms with Crippen LogP contribution in [-0.4, -0.2) is 12.6 Å². The zero-order valence-electron chi connectivity index (χ0n) is 33.6. The van der Waals surface area contributed by atoms with E-state index in [4.69, 9.17) is 0 Å². The summed E-state index contributed by atoms with van der Waals surface area (Å²) in [5.41, 5.74) is 9.25. The molecule has 0 saturated carbocycles. The highest BCUT2D eigenvalue weighted by atomic mass is 28.3. The van der Waals surface area contributed by atoms with Crippen LogP contribution in [0.2, 0.25) is 0 Å². The maximum atomic E-state index is 2.46. The molecular formula is C58H42N2Si. The third-order valence-electron chi connectivity index (χ3n) is 12.3. The van der Waals surface area contributed by atoms with E-state index in [-0.39, 0.29) is 0 Å². The molecule has 0 atom stereocenters. The van der Waals surface area contributed by atoms with Crippen LogP contribution in [0.3, 0.4) is 0 Å². The molecule has 3 heteroatoms. The predicted octanol–water partition coefficient (Wildman–Crippen LogP) is 12.5. The highest BCUT2D eigenvalue weighted by molar-refractivity contribution is 7.19. The van der Waals surface area contributed by atoms with Gasteiger partial charge in [0.25, 0.3) is 0 Å². The Morgan fingerprint density at radius 1 is 0.328 bits per heavy atom. The van der Waals surface area contributed by atoms with Gasteiger partial charge < -0.3 is 9.47 Å². The highest BCUT2D eigenvalue weighted by Gasteiger charge is 2.41. The van der Waals surface area contributed by atoms with Crippen molar-refractivity contribution in [3.8, 4) is 16.8 Å². The molecule has 1 aromatic heterocycles. The summed E-state index contributed by atoms with van der Waals surface area (Å²) in [6.07, 6.45) is 0. The summed E-state index contributed by atoms with van der Waals surface area (Å²) >= 11 is 0. The van der Waals surface area contributed by atoms with Gasteiger partial charge in [0.15, 0.2) is 8.07 Å². The highest BCUT2D eigenvalue weighted by Crippen LogP contribution is 2.44. The second kappa shape index (κ2) is 15.5. The van der Waals surface area contributed by atoms with Crippen LogP contribution in [0.25, 0.3) is 49.4 Å². The molecule has 10 aromatic carbocycles. The first kappa shape index (κ1) is 36.4. The standard InChI is InChI=1S/C58H42N2Si/c1-5-21-45(22-6-1)60-55-32-16-15-30-54(55)58-56(33-18-34-57(58)60)59(46-37-35-44(36-38-46)53-31-17-20-43-19-13-14-29-52(43)53)47-39-41-51(42-40-47)61(48-23-7-2-8-24-48,49-25-9-3-10-26-49)50-27-11-4-12-28-50/h1-42H. The molecule has 61 heavy (non-hydrogen) atoms. The van der Waals surface area contributed by atoms with Gasteiger partial charge in [-0.05, 0) is 97.2 Å². The number of fused-ring (bicyclic) bond motifs is 4. The molecule has 0 aliphatic heterocycles. The van der Waals surface area contributed by atoms with Gasteiger partial charge in [-0.1, -0.05) is 200 Å². The summed E-state index contributed by atoms with van der Waals surface area (Å²) in [5, 5.41) is 10.4. The van der Waals surface area contributed by atoms with Crippen molar-refractivity contribution in [1.82, 2.24) is 4.57 Å². The lowest BCUT2D eigenvalue weighted by Gasteiger charge is -2.35. The molecule has 11 aromatic rings. The van der Waals surface area contributed by atoms with E-state index in [9.17, 15) is 0 Å². The summed E-state index contributed by atoms with van der Waals surface area (Å²) in [6, 6.07) is 93.6. The van der Waals surface area contributed by atoms with Gasteiger partial charge in [-0.15, -0.1) is 0 Å². The fourth-order valence-corrected chi connectivity index (χ4v) is 14.4. The van der Waals surface area contributed by atoms with Crippen LogP contribution in [0.4, 0.5) is 17.1 Å². The fraction of sp³-hybridized carbons (Fsp3) is 0. The van der Waals surface area contributed by atoms with Crippen molar-refractivity contribution in [2.45, 2.75) is 0 Å². The molecule has 0 aliphatic rings. The van der Waals surface area contributed by atoms with E-state index in [1.807, 2.05) is 0 Å². The minimum Gasteiger partial charge on any atom is -0.310 e. The van der Waals surface area contributed by atoms with Gasteiger partial charge in [0.05, 0.1) is 16.7 Å². The van der Waals surface area contributed by atoms with Crippen molar-refractivity contribution in [2.24, 2.45) is 0 Å². The SMILES string of the molecule is c1ccc(-n2c3ccccc3c3c(N(c4ccc(-c5cccc6ccccc56)cc4)c4ccc([Si](c5ccccc5)(c5ccccc5)c5ccccc5)cc4)cccc32)cc1. The Balaban J connectivity index is 1.14. The molecule has 2 nitrogen and oxygen atoms in total. The lowest BCUT2D eigenvalue weighted by atomic mass is 9.98. The number of anilines is 3. The number of para-hydroxylation sites is 2. The first-order valence-electron chi connectivity index (χ1n) is 21.0. The molecule has 0 spiro atoms. The van der Waals surface area contributed by atoms with Crippen molar-refractivity contribution in [1.29, 1.82) is 0 Å². The van der Waals surface area contributed by atoms with Gasteiger partial charge in [-0.2, -0.15) is 0 Å². The maximum absolute atomic E-state index is 2.72. The molecule has 0 amide bonds. The van der Waals surface area contributed by atoms with Gasteiger partial charge in [-0.25, -0.2) is 0 Å². The first-order valence-corrected chi connectivity index (χ1v) is 23.0. The predicted molar refractivity (Wildman–Crippen MR) is 262 cm³/mol. The number of hydrogen-bond donors (Lipinski definition) is 0. The molecule has 288 valence electrons. The molecule has 0 bridgehead atoms. The van der Waals surface area contributed by atoms with Crippen molar-refractivity contribution in [3.63, 3.8) is 0 Å². The molecule has 0 fully saturated rings. The van der Waals surface area contributed by atoms with E-state index in [1.54, 1.807) is 0 Å². The van der Waals surface area contributed by atoms with E-state index < -0.39 is 8.07 Å². The Morgan fingerprint density at radius 2 is 0.787 bits per heavy atom.